The van der Waals surface area contributed by atoms with E-state index in [1.165, 1.54) is 0 Å². The standard InChI is InChI=1S/C14H14N2O2/c1-9-3-2-4-12(13(9)17)16-14(18)10-5-7-11(15)8-6-10/h2-8,17H,15H2,1H3,(H,16,18). The quantitative estimate of drug-likeness (QED) is 0.559. The van der Waals surface area contributed by atoms with Crippen LogP contribution in [0.25, 0.3) is 0 Å². The summed E-state index contributed by atoms with van der Waals surface area (Å²) >= 11 is 0. The Morgan fingerprint density at radius 2 is 1.83 bits per heavy atom. The topological polar surface area (TPSA) is 75.4 Å². The number of phenols is 1. The maximum absolute atomic E-state index is 11.9. The first kappa shape index (κ1) is 12.0. The van der Waals surface area contributed by atoms with Crippen LogP contribution in [0.3, 0.4) is 0 Å². The molecule has 0 bridgehead atoms. The lowest BCUT2D eigenvalue weighted by atomic mass is 10.1. The third-order valence-electron chi connectivity index (χ3n) is 2.66. The predicted octanol–water partition coefficient (Wildman–Crippen LogP) is 2.54. The van der Waals surface area contributed by atoms with Crippen molar-refractivity contribution in [1.82, 2.24) is 0 Å². The van der Waals surface area contributed by atoms with E-state index in [2.05, 4.69) is 5.32 Å². The number of nitrogens with one attached hydrogen (secondary N) is 1. The third kappa shape index (κ3) is 2.43. The Labute approximate surface area is 105 Å². The van der Waals surface area contributed by atoms with Gasteiger partial charge in [0.2, 0.25) is 0 Å². The smallest absolute Gasteiger partial charge is 0.255 e. The fourth-order valence-electron chi connectivity index (χ4n) is 1.59. The van der Waals surface area contributed by atoms with Crippen LogP contribution < -0.4 is 11.1 Å². The molecule has 2 aromatic rings. The lowest BCUT2D eigenvalue weighted by Crippen LogP contribution is -2.12. The van der Waals surface area contributed by atoms with E-state index < -0.39 is 0 Å². The van der Waals surface area contributed by atoms with Crippen molar-refractivity contribution in [3.8, 4) is 5.75 Å². The second kappa shape index (κ2) is 4.79. The average Bonchev–Trinajstić information content (AvgIpc) is 2.36. The molecule has 0 heterocycles. The predicted molar refractivity (Wildman–Crippen MR) is 71.7 cm³/mol. The van der Waals surface area contributed by atoms with E-state index in [9.17, 15) is 9.90 Å². The molecule has 2 rings (SSSR count). The van der Waals surface area contributed by atoms with Gasteiger partial charge in [-0.2, -0.15) is 0 Å². The maximum atomic E-state index is 11.9. The molecule has 0 aliphatic rings. The van der Waals surface area contributed by atoms with Crippen molar-refractivity contribution in [1.29, 1.82) is 0 Å². The number of nitrogen functional groups attached to an aromatic ring is 1. The molecular formula is C14H14N2O2. The van der Waals surface area contributed by atoms with Gasteiger partial charge in [-0.15, -0.1) is 0 Å². The number of benzene rings is 2. The second-order valence-corrected chi connectivity index (χ2v) is 4.05. The first-order valence-corrected chi connectivity index (χ1v) is 5.53. The SMILES string of the molecule is Cc1cccc(NC(=O)c2ccc(N)cc2)c1O. The molecule has 0 aliphatic heterocycles. The summed E-state index contributed by atoms with van der Waals surface area (Å²) in [6.07, 6.45) is 0. The van der Waals surface area contributed by atoms with E-state index in [0.29, 0.717) is 22.5 Å². The van der Waals surface area contributed by atoms with Gasteiger partial charge in [-0.25, -0.2) is 0 Å². The molecule has 0 unspecified atom stereocenters. The minimum Gasteiger partial charge on any atom is -0.505 e. The zero-order chi connectivity index (χ0) is 13.1. The molecule has 0 aliphatic carbocycles. The molecule has 2 aromatic carbocycles. The lowest BCUT2D eigenvalue weighted by Gasteiger charge is -2.09. The minimum atomic E-state index is -0.282. The monoisotopic (exact) mass is 242 g/mol. The van der Waals surface area contributed by atoms with Gasteiger partial charge in [0, 0.05) is 11.3 Å². The Bertz CT molecular complexity index is 577. The highest BCUT2D eigenvalue weighted by Crippen LogP contribution is 2.26. The number of aryl methyl sites for hydroxylation is 1. The molecule has 0 saturated heterocycles. The molecule has 4 N–H and O–H groups in total. The van der Waals surface area contributed by atoms with Crippen LogP contribution in [0.15, 0.2) is 42.5 Å². The van der Waals surface area contributed by atoms with Gasteiger partial charge in [-0.1, -0.05) is 12.1 Å². The van der Waals surface area contributed by atoms with Crippen LogP contribution in [0, 0.1) is 6.92 Å². The van der Waals surface area contributed by atoms with Gasteiger partial charge < -0.3 is 16.2 Å². The van der Waals surface area contributed by atoms with Crippen LogP contribution in [0.1, 0.15) is 15.9 Å². The molecule has 0 aromatic heterocycles. The fourth-order valence-corrected chi connectivity index (χ4v) is 1.59. The molecule has 92 valence electrons. The van der Waals surface area contributed by atoms with Crippen LogP contribution in [0.2, 0.25) is 0 Å². The Hall–Kier alpha value is -2.49. The van der Waals surface area contributed by atoms with Crippen molar-refractivity contribution < 1.29 is 9.90 Å². The van der Waals surface area contributed by atoms with Crippen LogP contribution in [0.4, 0.5) is 11.4 Å². The number of phenolic OH excluding ortho intramolecular Hbond substituents is 1. The largest absolute Gasteiger partial charge is 0.505 e. The van der Waals surface area contributed by atoms with Gasteiger partial charge in [0.1, 0.15) is 5.75 Å². The zero-order valence-electron chi connectivity index (χ0n) is 9.97. The Kier molecular flexibility index (Phi) is 3.19. The molecule has 18 heavy (non-hydrogen) atoms. The van der Waals surface area contributed by atoms with Crippen molar-refractivity contribution in [2.75, 3.05) is 11.1 Å². The molecule has 0 saturated carbocycles. The van der Waals surface area contributed by atoms with Crippen molar-refractivity contribution in [3.05, 3.63) is 53.6 Å². The van der Waals surface area contributed by atoms with Crippen LogP contribution in [-0.2, 0) is 0 Å². The van der Waals surface area contributed by atoms with Gasteiger partial charge in [0.25, 0.3) is 5.91 Å². The highest BCUT2D eigenvalue weighted by atomic mass is 16.3. The van der Waals surface area contributed by atoms with E-state index in [0.717, 1.165) is 0 Å². The van der Waals surface area contributed by atoms with Crippen molar-refractivity contribution in [2.24, 2.45) is 0 Å². The number of nitrogens with two attached hydrogens (primary N) is 1. The van der Waals surface area contributed by atoms with Crippen LogP contribution in [0.5, 0.6) is 5.75 Å². The summed E-state index contributed by atoms with van der Waals surface area (Å²) in [5, 5.41) is 12.5. The first-order chi connectivity index (χ1) is 8.58. The maximum Gasteiger partial charge on any atom is 0.255 e. The summed E-state index contributed by atoms with van der Waals surface area (Å²) < 4.78 is 0. The van der Waals surface area contributed by atoms with E-state index in [1.807, 2.05) is 0 Å². The van der Waals surface area contributed by atoms with Crippen LogP contribution >= 0.6 is 0 Å². The zero-order valence-corrected chi connectivity index (χ0v) is 9.97. The summed E-state index contributed by atoms with van der Waals surface area (Å²) in [6.45, 7) is 1.77. The minimum absolute atomic E-state index is 0.0845. The van der Waals surface area contributed by atoms with Crippen molar-refractivity contribution in [2.45, 2.75) is 6.92 Å². The van der Waals surface area contributed by atoms with Crippen molar-refractivity contribution in [3.63, 3.8) is 0 Å². The molecule has 4 heteroatoms. The summed E-state index contributed by atoms with van der Waals surface area (Å²) in [7, 11) is 0. The Morgan fingerprint density at radius 1 is 1.17 bits per heavy atom. The molecule has 4 nitrogen and oxygen atoms in total. The molecule has 0 fully saturated rings. The number of hydrogen-bond acceptors (Lipinski definition) is 3. The lowest BCUT2D eigenvalue weighted by molar-refractivity contribution is 0.102. The highest BCUT2D eigenvalue weighted by Gasteiger charge is 2.09. The van der Waals surface area contributed by atoms with E-state index in [4.69, 9.17) is 5.73 Å². The fraction of sp³-hybridized carbons (Fsp3) is 0.0714. The molecular weight excluding hydrogens is 228 g/mol. The Balaban J connectivity index is 2.21. The van der Waals surface area contributed by atoms with E-state index in [-0.39, 0.29) is 11.7 Å². The number of anilines is 2. The van der Waals surface area contributed by atoms with Crippen molar-refractivity contribution >= 4 is 17.3 Å². The average molecular weight is 242 g/mol. The number of carbonyl (C=O) groups excluding carboxylic acids is 1. The molecule has 1 amide bonds. The highest BCUT2D eigenvalue weighted by molar-refractivity contribution is 6.05. The van der Waals surface area contributed by atoms with E-state index >= 15 is 0 Å². The Morgan fingerprint density at radius 3 is 2.50 bits per heavy atom. The van der Waals surface area contributed by atoms with Gasteiger partial charge >= 0.3 is 0 Å². The molecule has 0 spiro atoms. The molecule has 0 atom stereocenters. The number of rotatable bonds is 2. The van der Waals surface area contributed by atoms with Gasteiger partial charge in [0.15, 0.2) is 0 Å². The van der Waals surface area contributed by atoms with Gasteiger partial charge in [-0.3, -0.25) is 4.79 Å². The first-order valence-electron chi connectivity index (χ1n) is 5.53. The summed E-state index contributed by atoms with van der Waals surface area (Å²) in [5.41, 5.74) is 7.76. The van der Waals surface area contributed by atoms with Crippen LogP contribution in [-0.4, -0.2) is 11.0 Å². The summed E-state index contributed by atoms with van der Waals surface area (Å²) in [4.78, 5) is 11.9. The number of hydrogen-bond donors (Lipinski definition) is 3. The van der Waals surface area contributed by atoms with Gasteiger partial charge in [0.05, 0.1) is 5.69 Å². The number of carbonyl (C=O) groups is 1. The third-order valence-corrected chi connectivity index (χ3v) is 2.66. The van der Waals surface area contributed by atoms with E-state index in [1.54, 1.807) is 49.4 Å². The molecule has 0 radical (unpaired) electrons. The summed E-state index contributed by atoms with van der Waals surface area (Å²) in [6, 6.07) is 11.8. The second-order valence-electron chi connectivity index (χ2n) is 4.05. The van der Waals surface area contributed by atoms with Gasteiger partial charge in [-0.05, 0) is 42.8 Å². The summed E-state index contributed by atoms with van der Waals surface area (Å²) in [5.74, 6) is -0.197. The number of aromatic hydroxyl groups is 1. The normalized spacial score (nSPS) is 10.1. The number of para-hydroxylation sites is 1. The number of amides is 1.